The van der Waals surface area contributed by atoms with Crippen molar-refractivity contribution >= 4 is 10.9 Å². The number of rotatable bonds is 4. The summed E-state index contributed by atoms with van der Waals surface area (Å²) >= 11 is 0. The van der Waals surface area contributed by atoms with E-state index in [4.69, 9.17) is 0 Å². The Morgan fingerprint density at radius 3 is 2.65 bits per heavy atom. The van der Waals surface area contributed by atoms with E-state index in [1.807, 2.05) is 48.5 Å². The Bertz CT molecular complexity index is 692. The van der Waals surface area contributed by atoms with Crippen molar-refractivity contribution in [2.24, 2.45) is 0 Å². The third kappa shape index (κ3) is 2.68. The van der Waals surface area contributed by atoms with Crippen molar-refractivity contribution in [2.45, 2.75) is 18.9 Å². The highest BCUT2D eigenvalue weighted by Gasteiger charge is 2.11. The maximum absolute atomic E-state index is 10.4. The molecule has 3 rings (SSSR count). The van der Waals surface area contributed by atoms with Gasteiger partial charge in [-0.25, -0.2) is 0 Å². The van der Waals surface area contributed by atoms with Gasteiger partial charge in [0.05, 0.1) is 11.6 Å². The maximum atomic E-state index is 10.4. The van der Waals surface area contributed by atoms with E-state index in [0.717, 1.165) is 28.6 Å². The van der Waals surface area contributed by atoms with Crippen LogP contribution in [0.15, 0.2) is 60.9 Å². The first kappa shape index (κ1) is 12.8. The zero-order chi connectivity index (χ0) is 13.8. The number of benzene rings is 1. The van der Waals surface area contributed by atoms with Gasteiger partial charge < -0.3 is 5.11 Å². The zero-order valence-corrected chi connectivity index (χ0v) is 11.1. The zero-order valence-electron chi connectivity index (χ0n) is 11.1. The average Bonchev–Trinajstić information content (AvgIpc) is 2.53. The SMILES string of the molecule is OC(CCc1ccccn1)c1cccc2ncccc12. The van der Waals surface area contributed by atoms with Crippen molar-refractivity contribution in [1.29, 1.82) is 0 Å². The molecule has 0 fully saturated rings. The molecule has 0 amide bonds. The molecule has 1 N–H and O–H groups in total. The molecule has 0 radical (unpaired) electrons. The third-order valence-electron chi connectivity index (χ3n) is 3.44. The van der Waals surface area contributed by atoms with Crippen LogP contribution in [-0.4, -0.2) is 15.1 Å². The van der Waals surface area contributed by atoms with E-state index in [1.54, 1.807) is 12.4 Å². The van der Waals surface area contributed by atoms with E-state index in [-0.39, 0.29) is 0 Å². The van der Waals surface area contributed by atoms with Crippen LogP contribution in [-0.2, 0) is 6.42 Å². The van der Waals surface area contributed by atoms with Crippen molar-refractivity contribution in [3.05, 3.63) is 72.2 Å². The number of hydrogen-bond donors (Lipinski definition) is 1. The molecule has 1 aromatic carbocycles. The van der Waals surface area contributed by atoms with Gasteiger partial charge in [-0.15, -0.1) is 0 Å². The van der Waals surface area contributed by atoms with Crippen LogP contribution in [0.2, 0.25) is 0 Å². The average molecular weight is 264 g/mol. The molecular formula is C17H16N2O. The second kappa shape index (κ2) is 5.80. The van der Waals surface area contributed by atoms with Gasteiger partial charge in [-0.05, 0) is 42.7 Å². The number of aliphatic hydroxyl groups excluding tert-OH is 1. The van der Waals surface area contributed by atoms with Gasteiger partial charge >= 0.3 is 0 Å². The number of aliphatic hydroxyl groups is 1. The fraction of sp³-hybridized carbons (Fsp3) is 0.176. The molecule has 0 aliphatic heterocycles. The molecule has 20 heavy (non-hydrogen) atoms. The summed E-state index contributed by atoms with van der Waals surface area (Å²) < 4.78 is 0. The summed E-state index contributed by atoms with van der Waals surface area (Å²) in [6.45, 7) is 0. The lowest BCUT2D eigenvalue weighted by molar-refractivity contribution is 0.169. The third-order valence-corrected chi connectivity index (χ3v) is 3.44. The molecule has 3 heteroatoms. The standard InChI is InChI=1S/C17H16N2O/c20-17(10-9-13-5-1-2-11-18-13)15-6-3-8-16-14(15)7-4-12-19-16/h1-8,11-12,17,20H,9-10H2. The Labute approximate surface area is 117 Å². The maximum Gasteiger partial charge on any atom is 0.0800 e. The summed E-state index contributed by atoms with van der Waals surface area (Å²) in [6.07, 6.45) is 4.48. The topological polar surface area (TPSA) is 46.0 Å². The quantitative estimate of drug-likeness (QED) is 0.786. The van der Waals surface area contributed by atoms with Crippen LogP contribution in [0.3, 0.4) is 0 Å². The lowest BCUT2D eigenvalue weighted by Gasteiger charge is -2.13. The largest absolute Gasteiger partial charge is 0.388 e. The molecule has 0 aliphatic rings. The van der Waals surface area contributed by atoms with Gasteiger partial charge in [-0.1, -0.05) is 24.3 Å². The van der Waals surface area contributed by atoms with E-state index in [9.17, 15) is 5.11 Å². The Balaban J connectivity index is 1.80. The molecule has 3 aromatic rings. The fourth-order valence-corrected chi connectivity index (χ4v) is 2.40. The van der Waals surface area contributed by atoms with E-state index < -0.39 is 6.10 Å². The first-order valence-electron chi connectivity index (χ1n) is 6.76. The minimum absolute atomic E-state index is 0.495. The molecule has 2 heterocycles. The van der Waals surface area contributed by atoms with E-state index in [2.05, 4.69) is 9.97 Å². The summed E-state index contributed by atoms with van der Waals surface area (Å²) in [6, 6.07) is 15.6. The van der Waals surface area contributed by atoms with Crippen LogP contribution < -0.4 is 0 Å². The molecule has 0 spiro atoms. The number of aryl methyl sites for hydroxylation is 1. The Kier molecular flexibility index (Phi) is 3.70. The minimum Gasteiger partial charge on any atom is -0.388 e. The predicted octanol–water partition coefficient (Wildman–Crippen LogP) is 3.30. The smallest absolute Gasteiger partial charge is 0.0800 e. The summed E-state index contributed by atoms with van der Waals surface area (Å²) in [4.78, 5) is 8.60. The second-order valence-corrected chi connectivity index (χ2v) is 4.79. The first-order chi connectivity index (χ1) is 9.84. The number of pyridine rings is 2. The lowest BCUT2D eigenvalue weighted by Crippen LogP contribution is -2.01. The highest BCUT2D eigenvalue weighted by atomic mass is 16.3. The highest BCUT2D eigenvalue weighted by molar-refractivity contribution is 5.82. The van der Waals surface area contributed by atoms with Gasteiger partial charge in [0.15, 0.2) is 0 Å². The van der Waals surface area contributed by atoms with E-state index in [1.165, 1.54) is 0 Å². The Hall–Kier alpha value is -2.26. The van der Waals surface area contributed by atoms with Crippen LogP contribution in [0.5, 0.6) is 0 Å². The molecule has 100 valence electrons. The summed E-state index contributed by atoms with van der Waals surface area (Å²) in [5.41, 5.74) is 2.86. The molecule has 0 aliphatic carbocycles. The monoisotopic (exact) mass is 264 g/mol. The van der Waals surface area contributed by atoms with Gasteiger partial charge in [0.25, 0.3) is 0 Å². The molecule has 1 atom stereocenters. The fourth-order valence-electron chi connectivity index (χ4n) is 2.40. The molecule has 1 unspecified atom stereocenters. The predicted molar refractivity (Wildman–Crippen MR) is 79.3 cm³/mol. The molecule has 2 aromatic heterocycles. The van der Waals surface area contributed by atoms with Crippen molar-refractivity contribution in [3.63, 3.8) is 0 Å². The molecule has 3 nitrogen and oxygen atoms in total. The van der Waals surface area contributed by atoms with Crippen molar-refractivity contribution in [1.82, 2.24) is 9.97 Å². The number of fused-ring (bicyclic) bond motifs is 1. The van der Waals surface area contributed by atoms with Gasteiger partial charge in [-0.2, -0.15) is 0 Å². The normalized spacial score (nSPS) is 12.4. The van der Waals surface area contributed by atoms with Crippen LogP contribution in [0, 0.1) is 0 Å². The van der Waals surface area contributed by atoms with Crippen molar-refractivity contribution in [2.75, 3.05) is 0 Å². The molecule has 0 bridgehead atoms. The van der Waals surface area contributed by atoms with Crippen LogP contribution in [0.25, 0.3) is 10.9 Å². The lowest BCUT2D eigenvalue weighted by atomic mass is 9.99. The van der Waals surface area contributed by atoms with Crippen LogP contribution >= 0.6 is 0 Å². The summed E-state index contributed by atoms with van der Waals surface area (Å²) in [7, 11) is 0. The Morgan fingerprint density at radius 2 is 1.80 bits per heavy atom. The van der Waals surface area contributed by atoms with Crippen molar-refractivity contribution in [3.8, 4) is 0 Å². The molecular weight excluding hydrogens is 248 g/mol. The van der Waals surface area contributed by atoms with Crippen molar-refractivity contribution < 1.29 is 5.11 Å². The second-order valence-electron chi connectivity index (χ2n) is 4.79. The van der Waals surface area contributed by atoms with Gasteiger partial charge in [0.1, 0.15) is 0 Å². The number of aromatic nitrogens is 2. The number of hydrogen-bond acceptors (Lipinski definition) is 3. The number of nitrogens with zero attached hydrogens (tertiary/aromatic N) is 2. The van der Waals surface area contributed by atoms with Gasteiger partial charge in [-0.3, -0.25) is 9.97 Å². The first-order valence-corrected chi connectivity index (χ1v) is 6.76. The Morgan fingerprint density at radius 1 is 0.900 bits per heavy atom. The molecule has 0 saturated carbocycles. The molecule has 0 saturated heterocycles. The van der Waals surface area contributed by atoms with E-state index >= 15 is 0 Å². The van der Waals surface area contributed by atoms with Gasteiger partial charge in [0, 0.05) is 23.5 Å². The van der Waals surface area contributed by atoms with Crippen LogP contribution in [0.4, 0.5) is 0 Å². The van der Waals surface area contributed by atoms with Gasteiger partial charge in [0.2, 0.25) is 0 Å². The highest BCUT2D eigenvalue weighted by Crippen LogP contribution is 2.25. The van der Waals surface area contributed by atoms with Crippen LogP contribution in [0.1, 0.15) is 23.8 Å². The minimum atomic E-state index is -0.495. The van der Waals surface area contributed by atoms with E-state index in [0.29, 0.717) is 6.42 Å². The summed E-state index contributed by atoms with van der Waals surface area (Å²) in [5, 5.41) is 11.4. The summed E-state index contributed by atoms with van der Waals surface area (Å²) in [5.74, 6) is 0.